The second-order valence-electron chi connectivity index (χ2n) is 5.10. The Labute approximate surface area is 124 Å². The lowest BCUT2D eigenvalue weighted by Gasteiger charge is -2.15. The molecule has 112 valence electrons. The second-order valence-corrected chi connectivity index (χ2v) is 5.10. The van der Waals surface area contributed by atoms with Gasteiger partial charge in [0.15, 0.2) is 5.69 Å². The van der Waals surface area contributed by atoms with Gasteiger partial charge in [0.05, 0.1) is 11.4 Å². The molecule has 0 unspecified atom stereocenters. The molecule has 0 fully saturated rings. The van der Waals surface area contributed by atoms with Crippen molar-refractivity contribution in [3.05, 3.63) is 41.2 Å². The first-order valence-corrected chi connectivity index (χ1v) is 6.94. The van der Waals surface area contributed by atoms with Crippen molar-refractivity contribution in [2.75, 3.05) is 27.2 Å². The number of carbonyl (C=O) groups is 1. The Morgan fingerprint density at radius 1 is 1.29 bits per heavy atom. The maximum Gasteiger partial charge on any atom is 0.276 e. The predicted octanol–water partition coefficient (Wildman–Crippen LogP) is 1.18. The number of hydrogen-bond donors (Lipinski definition) is 1. The van der Waals surface area contributed by atoms with Gasteiger partial charge in [-0.2, -0.15) is 0 Å². The maximum atomic E-state index is 12.4. The number of hydrogen-bond acceptors (Lipinski definition) is 4. The number of benzene rings is 1. The Morgan fingerprint density at radius 2 is 1.95 bits per heavy atom. The highest BCUT2D eigenvalue weighted by Gasteiger charge is 2.20. The fourth-order valence-electron chi connectivity index (χ4n) is 2.02. The minimum atomic E-state index is -0.110. The summed E-state index contributed by atoms with van der Waals surface area (Å²) in [6, 6.07) is 7.96. The van der Waals surface area contributed by atoms with E-state index < -0.39 is 0 Å². The van der Waals surface area contributed by atoms with Gasteiger partial charge in [0.25, 0.3) is 5.91 Å². The Bertz CT molecular complexity index is 617. The van der Waals surface area contributed by atoms with E-state index in [-0.39, 0.29) is 5.91 Å². The Morgan fingerprint density at radius 3 is 2.57 bits per heavy atom. The zero-order valence-corrected chi connectivity index (χ0v) is 12.9. The van der Waals surface area contributed by atoms with Crippen LogP contribution in [0.2, 0.25) is 0 Å². The lowest BCUT2D eigenvalue weighted by Crippen LogP contribution is -2.33. The quantitative estimate of drug-likeness (QED) is 0.897. The number of likely N-dealkylation sites (N-methyl/N-ethyl adjacent to an activating group) is 2. The molecule has 0 saturated heterocycles. The minimum Gasteiger partial charge on any atom is -0.339 e. The first kappa shape index (κ1) is 15.2. The van der Waals surface area contributed by atoms with Crippen molar-refractivity contribution in [3.63, 3.8) is 0 Å². The predicted molar refractivity (Wildman–Crippen MR) is 81.7 cm³/mol. The summed E-state index contributed by atoms with van der Waals surface area (Å²) in [6.07, 6.45) is 0. The maximum absolute atomic E-state index is 12.4. The third kappa shape index (κ3) is 3.28. The monoisotopic (exact) mass is 287 g/mol. The van der Waals surface area contributed by atoms with Crippen LogP contribution >= 0.6 is 0 Å². The Balaban J connectivity index is 2.24. The molecule has 1 aromatic carbocycles. The van der Waals surface area contributed by atoms with E-state index in [4.69, 9.17) is 0 Å². The average molecular weight is 287 g/mol. The second kappa shape index (κ2) is 6.49. The molecule has 21 heavy (non-hydrogen) atoms. The normalized spacial score (nSPS) is 10.7. The van der Waals surface area contributed by atoms with Crippen LogP contribution in [-0.2, 0) is 0 Å². The Hall–Kier alpha value is -2.21. The highest BCUT2D eigenvalue weighted by atomic mass is 16.2. The van der Waals surface area contributed by atoms with E-state index in [1.54, 1.807) is 16.6 Å². The first-order valence-electron chi connectivity index (χ1n) is 6.94. The van der Waals surface area contributed by atoms with Gasteiger partial charge in [-0.15, -0.1) is 5.10 Å². The average Bonchev–Trinajstić information content (AvgIpc) is 2.86. The molecule has 1 heterocycles. The molecule has 0 aliphatic rings. The SMILES string of the molecule is CNCCN(C)C(=O)c1nnn(-c2ccc(C)cc2)c1C. The fourth-order valence-corrected chi connectivity index (χ4v) is 2.02. The van der Waals surface area contributed by atoms with E-state index in [1.165, 1.54) is 5.56 Å². The molecule has 1 N–H and O–H groups in total. The number of rotatable bonds is 5. The van der Waals surface area contributed by atoms with Crippen LogP contribution in [-0.4, -0.2) is 53.0 Å². The number of nitrogens with one attached hydrogen (secondary N) is 1. The van der Waals surface area contributed by atoms with E-state index in [1.807, 2.05) is 45.2 Å². The molecule has 0 radical (unpaired) electrons. The molecule has 0 spiro atoms. The van der Waals surface area contributed by atoms with Crippen LogP contribution in [0.3, 0.4) is 0 Å². The van der Waals surface area contributed by atoms with Gasteiger partial charge in [-0.1, -0.05) is 22.9 Å². The van der Waals surface area contributed by atoms with E-state index in [2.05, 4.69) is 15.6 Å². The van der Waals surface area contributed by atoms with E-state index >= 15 is 0 Å². The van der Waals surface area contributed by atoms with Crippen molar-refractivity contribution in [2.24, 2.45) is 0 Å². The molecule has 1 amide bonds. The molecule has 2 rings (SSSR count). The highest BCUT2D eigenvalue weighted by molar-refractivity contribution is 5.93. The van der Waals surface area contributed by atoms with Crippen molar-refractivity contribution in [3.8, 4) is 5.69 Å². The van der Waals surface area contributed by atoms with Gasteiger partial charge in [-0.05, 0) is 33.0 Å². The topological polar surface area (TPSA) is 63.1 Å². The number of amides is 1. The van der Waals surface area contributed by atoms with Gasteiger partial charge in [0, 0.05) is 20.1 Å². The summed E-state index contributed by atoms with van der Waals surface area (Å²) < 4.78 is 1.69. The van der Waals surface area contributed by atoms with Gasteiger partial charge in [-0.3, -0.25) is 4.79 Å². The van der Waals surface area contributed by atoms with Crippen molar-refractivity contribution >= 4 is 5.91 Å². The smallest absolute Gasteiger partial charge is 0.276 e. The molecule has 0 atom stereocenters. The van der Waals surface area contributed by atoms with Crippen LogP contribution in [0, 0.1) is 13.8 Å². The van der Waals surface area contributed by atoms with Crippen molar-refractivity contribution in [1.29, 1.82) is 0 Å². The molecule has 0 aliphatic heterocycles. The standard InChI is InChI=1S/C15H21N5O/c1-11-5-7-13(8-6-11)20-12(2)14(17-18-20)15(21)19(4)10-9-16-3/h5-8,16H,9-10H2,1-4H3. The van der Waals surface area contributed by atoms with Crippen LogP contribution in [0.25, 0.3) is 5.69 Å². The third-order valence-corrected chi connectivity index (χ3v) is 3.42. The van der Waals surface area contributed by atoms with Crippen LogP contribution in [0.15, 0.2) is 24.3 Å². The van der Waals surface area contributed by atoms with E-state index in [9.17, 15) is 4.79 Å². The lowest BCUT2D eigenvalue weighted by molar-refractivity contribution is 0.0790. The largest absolute Gasteiger partial charge is 0.339 e. The van der Waals surface area contributed by atoms with Crippen LogP contribution in [0.5, 0.6) is 0 Å². The van der Waals surface area contributed by atoms with E-state index in [0.717, 1.165) is 17.9 Å². The molecule has 0 aliphatic carbocycles. The number of aromatic nitrogens is 3. The summed E-state index contributed by atoms with van der Waals surface area (Å²) in [7, 11) is 3.63. The summed E-state index contributed by atoms with van der Waals surface area (Å²) >= 11 is 0. The molecule has 1 aromatic heterocycles. The summed E-state index contributed by atoms with van der Waals surface area (Å²) in [4.78, 5) is 14.0. The lowest BCUT2D eigenvalue weighted by atomic mass is 10.2. The molecule has 2 aromatic rings. The number of carbonyl (C=O) groups excluding carboxylic acids is 1. The minimum absolute atomic E-state index is 0.110. The molecular formula is C15H21N5O. The van der Waals surface area contributed by atoms with Gasteiger partial charge in [0.2, 0.25) is 0 Å². The summed E-state index contributed by atoms with van der Waals surface area (Å²) in [5, 5.41) is 11.2. The summed E-state index contributed by atoms with van der Waals surface area (Å²) in [5.41, 5.74) is 3.23. The summed E-state index contributed by atoms with van der Waals surface area (Å²) in [5.74, 6) is -0.110. The first-order chi connectivity index (χ1) is 10.0. The number of nitrogens with zero attached hydrogens (tertiary/aromatic N) is 4. The van der Waals surface area contributed by atoms with Gasteiger partial charge in [-0.25, -0.2) is 4.68 Å². The molecule has 0 saturated carbocycles. The molecular weight excluding hydrogens is 266 g/mol. The number of aryl methyl sites for hydroxylation is 1. The van der Waals surface area contributed by atoms with E-state index in [0.29, 0.717) is 12.2 Å². The van der Waals surface area contributed by atoms with Crippen molar-refractivity contribution < 1.29 is 4.79 Å². The molecule has 6 nitrogen and oxygen atoms in total. The molecule has 0 bridgehead atoms. The van der Waals surface area contributed by atoms with Crippen molar-refractivity contribution in [2.45, 2.75) is 13.8 Å². The van der Waals surface area contributed by atoms with Crippen LogP contribution in [0.1, 0.15) is 21.7 Å². The van der Waals surface area contributed by atoms with Crippen LogP contribution in [0.4, 0.5) is 0 Å². The van der Waals surface area contributed by atoms with Gasteiger partial charge >= 0.3 is 0 Å². The fraction of sp³-hybridized carbons (Fsp3) is 0.400. The van der Waals surface area contributed by atoms with Gasteiger partial charge in [0.1, 0.15) is 0 Å². The van der Waals surface area contributed by atoms with Gasteiger partial charge < -0.3 is 10.2 Å². The zero-order chi connectivity index (χ0) is 15.4. The zero-order valence-electron chi connectivity index (χ0n) is 12.9. The third-order valence-electron chi connectivity index (χ3n) is 3.42. The van der Waals surface area contributed by atoms with Crippen LogP contribution < -0.4 is 5.32 Å². The molecule has 6 heteroatoms. The highest BCUT2D eigenvalue weighted by Crippen LogP contribution is 2.14. The van der Waals surface area contributed by atoms with Crippen molar-refractivity contribution in [1.82, 2.24) is 25.2 Å². The Kier molecular flexibility index (Phi) is 4.70. The summed E-state index contributed by atoms with van der Waals surface area (Å²) in [6.45, 7) is 5.27.